The first-order chi connectivity index (χ1) is 20.4. The minimum atomic E-state index is -2.40. The Labute approximate surface area is 302 Å². The molecule has 1 N–H and O–H groups in total. The number of ether oxygens (including phenoxy) is 2. The Kier molecular flexibility index (Phi) is 9.57. The van der Waals surface area contributed by atoms with E-state index in [1.807, 2.05) is 0 Å². The molecule has 1 spiro atoms. The SMILES string of the molecule is [B]c1sc(C([B])([B])NC([B])([B])C[C@@]2(c3ccccn3)CC([B])([B])OC3(C2)C([B])([B])C([B])([B])C([B])([B])C3([B])[B])c(OC([B])([B])[B])c1[B]. The van der Waals surface area contributed by atoms with Crippen LogP contribution >= 0.6 is 11.3 Å². The van der Waals surface area contributed by atoms with Gasteiger partial charge in [-0.15, -0.1) is 10.4 Å². The number of rotatable bonds is 8. The third-order valence-electron chi connectivity index (χ3n) is 8.82. The van der Waals surface area contributed by atoms with Gasteiger partial charge in [0, 0.05) is 27.8 Å². The molecule has 2 aromatic rings. The van der Waals surface area contributed by atoms with Crippen molar-refractivity contribution >= 4 is 171 Å². The quantitative estimate of drug-likeness (QED) is 0.320. The summed E-state index contributed by atoms with van der Waals surface area (Å²) >= 11 is 0.828. The van der Waals surface area contributed by atoms with Crippen LogP contribution in [-0.4, -0.2) is 176 Å². The molecule has 2 fully saturated rings. The molecule has 1 saturated heterocycles. The molecule has 184 valence electrons. The van der Waals surface area contributed by atoms with E-state index >= 15 is 0 Å². The zero-order chi connectivity index (χ0) is 35.4. The Morgan fingerprint density at radius 3 is 1.83 bits per heavy atom. The van der Waals surface area contributed by atoms with Crippen molar-refractivity contribution in [1.82, 2.24) is 10.3 Å². The van der Waals surface area contributed by atoms with Gasteiger partial charge in [0.1, 0.15) is 45.0 Å². The van der Waals surface area contributed by atoms with Crippen LogP contribution in [-0.2, 0) is 15.5 Å². The van der Waals surface area contributed by atoms with Gasteiger partial charge in [-0.3, -0.25) is 4.98 Å². The van der Waals surface area contributed by atoms with Crippen molar-refractivity contribution in [3.8, 4) is 5.75 Å². The second kappa shape index (κ2) is 11.4. The van der Waals surface area contributed by atoms with Gasteiger partial charge in [0.25, 0.3) is 0 Å². The highest BCUT2D eigenvalue weighted by Crippen LogP contribution is 2.84. The molecule has 3 heterocycles. The third-order valence-corrected chi connectivity index (χ3v) is 9.98. The molecule has 0 aromatic carbocycles. The first-order valence-electron chi connectivity index (χ1n) is 13.6. The summed E-state index contributed by atoms with van der Waals surface area (Å²) in [5, 5.41) is -15.3. The lowest BCUT2D eigenvalue weighted by Crippen LogP contribution is -2.68. The van der Waals surface area contributed by atoms with Crippen molar-refractivity contribution in [3.05, 3.63) is 35.0 Å². The maximum Gasteiger partial charge on any atom is 0.128 e. The van der Waals surface area contributed by atoms with E-state index < -0.39 is 53.2 Å². The van der Waals surface area contributed by atoms with Gasteiger partial charge in [-0.2, -0.15) is 11.3 Å². The van der Waals surface area contributed by atoms with Crippen molar-refractivity contribution in [3.63, 3.8) is 0 Å². The Balaban J connectivity index is 1.88. The minimum Gasteiger partial charge on any atom is -0.515 e. The zero-order valence-corrected chi connectivity index (χ0v) is 25.9. The monoisotopic (exact) mass is 576 g/mol. The third kappa shape index (κ3) is 5.98. The van der Waals surface area contributed by atoms with Gasteiger partial charge in [0.05, 0.1) is 110 Å². The molecule has 24 heteroatoms. The van der Waals surface area contributed by atoms with E-state index in [0.717, 1.165) is 11.3 Å². The Morgan fingerprint density at radius 2 is 1.35 bits per heavy atom. The second-order valence-corrected chi connectivity index (χ2v) is 14.0. The summed E-state index contributed by atoms with van der Waals surface area (Å²) < 4.78 is 11.6. The summed E-state index contributed by atoms with van der Waals surface area (Å²) in [5.74, 6) is -0.210. The molecule has 1 saturated carbocycles. The Morgan fingerprint density at radius 1 is 0.804 bits per heavy atom. The van der Waals surface area contributed by atoms with Crippen molar-refractivity contribution < 1.29 is 9.47 Å². The van der Waals surface area contributed by atoms with Crippen LogP contribution in [0.3, 0.4) is 0 Å². The van der Waals surface area contributed by atoms with Crippen LogP contribution in [0.2, 0.25) is 20.9 Å². The van der Waals surface area contributed by atoms with Crippen molar-refractivity contribution in [2.75, 3.05) is 0 Å². The number of nitrogens with zero attached hydrogens (tertiary/aromatic N) is 1. The molecule has 1 atom stereocenters. The molecule has 4 nitrogen and oxygen atoms in total. The summed E-state index contributed by atoms with van der Waals surface area (Å²) in [5.41, 5.74) is -3.53. The summed E-state index contributed by atoms with van der Waals surface area (Å²) in [6.45, 7) is 0. The molecule has 4 rings (SSSR count). The van der Waals surface area contributed by atoms with Gasteiger partial charge in [-0.05, 0) is 52.2 Å². The van der Waals surface area contributed by atoms with E-state index in [9.17, 15) is 0 Å². The standard InChI is InChI=1S/C22H11B19N2O2S/c23-9-10(44-22(39,40)41)11(46-12(9)24)17(29,30)43-15(25,26)6-13(8-3-1-2-4-42-8)5-14(45-16(27,28)7-13)18(31,32)20(35,36)21(37,38)19(14,33)34/h1-4,43H,5-7H2/t13-/m1/s1. The van der Waals surface area contributed by atoms with Crippen LogP contribution in [0.1, 0.15) is 29.8 Å². The highest BCUT2D eigenvalue weighted by Gasteiger charge is 2.75. The average Bonchev–Trinajstić information content (AvgIpc) is 3.16. The van der Waals surface area contributed by atoms with Crippen LogP contribution in [0, 0.1) is 0 Å². The summed E-state index contributed by atoms with van der Waals surface area (Å²) in [4.78, 5) is 4.50. The number of hydrogen-bond acceptors (Lipinski definition) is 5. The molecule has 0 amide bonds. The Hall–Kier alpha value is -0.196. The fourth-order valence-electron chi connectivity index (χ4n) is 6.74. The normalized spacial score (nSPS) is 25.9. The van der Waals surface area contributed by atoms with Gasteiger partial charge in [-0.1, -0.05) is 27.3 Å². The van der Waals surface area contributed by atoms with E-state index in [0.29, 0.717) is 5.69 Å². The number of aromatic nitrogens is 1. The maximum absolute atomic E-state index is 6.69. The second-order valence-electron chi connectivity index (χ2n) is 12.9. The molecular formula is C22H11B19N2O2S. The van der Waals surface area contributed by atoms with E-state index in [-0.39, 0.29) is 40.1 Å². The fourth-order valence-corrected chi connectivity index (χ4v) is 7.62. The van der Waals surface area contributed by atoms with Crippen LogP contribution < -0.4 is 20.3 Å². The molecule has 0 bridgehead atoms. The molecule has 1 aliphatic heterocycles. The molecule has 38 radical (unpaired) electrons. The summed E-state index contributed by atoms with van der Waals surface area (Å²) in [6.07, 6.45) is 0.496. The van der Waals surface area contributed by atoms with Crippen LogP contribution in [0.15, 0.2) is 24.4 Å². The molecule has 46 heavy (non-hydrogen) atoms. The van der Waals surface area contributed by atoms with E-state index in [4.69, 9.17) is 159 Å². The number of thiophene rings is 1. The lowest BCUT2D eigenvalue weighted by molar-refractivity contribution is -0.153. The lowest BCUT2D eigenvalue weighted by Gasteiger charge is -2.66. The topological polar surface area (TPSA) is 43.4 Å². The summed E-state index contributed by atoms with van der Waals surface area (Å²) in [7, 11) is 120. The molecular weight excluding hydrogens is 562 g/mol. The van der Waals surface area contributed by atoms with E-state index in [2.05, 4.69) is 10.3 Å². The Bertz CT molecular complexity index is 1450. The molecule has 0 unspecified atom stereocenters. The predicted molar refractivity (Wildman–Crippen MR) is 201 cm³/mol. The number of hydrogen-bond donors (Lipinski definition) is 1. The van der Waals surface area contributed by atoms with Crippen molar-refractivity contribution in [1.29, 1.82) is 0 Å². The predicted octanol–water partition coefficient (Wildman–Crippen LogP) is -6.05. The fraction of sp³-hybridized carbons (Fsp3) is 0.591. The van der Waals surface area contributed by atoms with Crippen molar-refractivity contribution in [2.24, 2.45) is 0 Å². The smallest absolute Gasteiger partial charge is 0.128 e. The molecule has 1 aliphatic carbocycles. The van der Waals surface area contributed by atoms with E-state index in [1.54, 1.807) is 18.2 Å². The summed E-state index contributed by atoms with van der Waals surface area (Å²) in [6, 6.07) is 4.96. The molecule has 2 aliphatic rings. The maximum atomic E-state index is 6.69. The highest BCUT2D eigenvalue weighted by molar-refractivity contribution is 7.22. The first-order valence-corrected chi connectivity index (χ1v) is 14.4. The van der Waals surface area contributed by atoms with Gasteiger partial charge in [0.15, 0.2) is 0 Å². The van der Waals surface area contributed by atoms with Crippen LogP contribution in [0.25, 0.3) is 0 Å². The largest absolute Gasteiger partial charge is 0.515 e. The van der Waals surface area contributed by atoms with Gasteiger partial charge in [-0.25, -0.2) is 0 Å². The van der Waals surface area contributed by atoms with E-state index in [1.165, 1.54) is 6.20 Å². The van der Waals surface area contributed by atoms with Crippen molar-refractivity contribution in [2.45, 2.75) is 72.5 Å². The average molecular weight is 573 g/mol. The van der Waals surface area contributed by atoms with Crippen LogP contribution in [0.4, 0.5) is 0 Å². The van der Waals surface area contributed by atoms with Crippen LogP contribution in [0.5, 0.6) is 5.75 Å². The highest BCUT2D eigenvalue weighted by atomic mass is 32.1. The van der Waals surface area contributed by atoms with Gasteiger partial charge in [0.2, 0.25) is 0 Å². The minimum absolute atomic E-state index is 0.0235. The van der Waals surface area contributed by atoms with Gasteiger partial charge >= 0.3 is 0 Å². The number of nitrogens with one attached hydrogen (secondary N) is 1. The zero-order valence-electron chi connectivity index (χ0n) is 25.1. The molecule has 2 aromatic heterocycles. The van der Waals surface area contributed by atoms with Gasteiger partial charge < -0.3 is 14.8 Å². The first kappa shape index (κ1) is 38.6. The lowest BCUT2D eigenvalue weighted by atomic mass is 9.17. The number of pyridine rings is 1.